The van der Waals surface area contributed by atoms with Crippen molar-refractivity contribution in [2.45, 2.75) is 6.04 Å². The third-order valence-corrected chi connectivity index (χ3v) is 11.4. The number of nitrogens with zero attached hydrogens (tertiary/aromatic N) is 3. The van der Waals surface area contributed by atoms with Gasteiger partial charge >= 0.3 is 0 Å². The van der Waals surface area contributed by atoms with Crippen molar-refractivity contribution in [3.05, 3.63) is 193 Å². The Morgan fingerprint density at radius 3 is 1.53 bits per heavy atom. The molecule has 1 atom stereocenters. The van der Waals surface area contributed by atoms with E-state index in [0.717, 1.165) is 67.6 Å². The lowest BCUT2D eigenvalue weighted by Gasteiger charge is -2.19. The van der Waals surface area contributed by atoms with Gasteiger partial charge in [0.1, 0.15) is 6.07 Å². The maximum Gasteiger partial charge on any atom is 0.100 e. The Labute approximate surface area is 330 Å². The van der Waals surface area contributed by atoms with Crippen LogP contribution in [-0.4, -0.2) is 16.5 Å². The van der Waals surface area contributed by atoms with Crippen molar-refractivity contribution in [3.63, 3.8) is 0 Å². The highest BCUT2D eigenvalue weighted by molar-refractivity contribution is 6.22. The first-order valence-electron chi connectivity index (χ1n) is 19.4. The van der Waals surface area contributed by atoms with Gasteiger partial charge in [0.25, 0.3) is 0 Å². The van der Waals surface area contributed by atoms with Gasteiger partial charge in [0.05, 0.1) is 28.0 Å². The average molecular weight is 727 g/mol. The molecule has 4 heteroatoms. The van der Waals surface area contributed by atoms with Gasteiger partial charge in [0, 0.05) is 34.5 Å². The van der Waals surface area contributed by atoms with Gasteiger partial charge in [0.15, 0.2) is 0 Å². The van der Waals surface area contributed by atoms with E-state index < -0.39 is 0 Å². The second-order valence-electron chi connectivity index (χ2n) is 14.8. The SMILES string of the molecule is N#Cc1c(C2CN2)c2ccc(-c3ccccc3)nc2c2nc(-c3cccc(-c4ccc5c(-c6ccccc6)c6ccccc6c(-c6ccccc6)c5c4)c3)ccc12. The van der Waals surface area contributed by atoms with Crippen LogP contribution in [0.3, 0.4) is 0 Å². The Bertz CT molecular complexity index is 3240. The monoisotopic (exact) mass is 726 g/mol. The lowest BCUT2D eigenvalue weighted by Crippen LogP contribution is -2.00. The van der Waals surface area contributed by atoms with Crippen LogP contribution in [0.4, 0.5) is 0 Å². The molecule has 1 aliphatic rings. The molecular formula is C53H34N4. The first kappa shape index (κ1) is 32.9. The van der Waals surface area contributed by atoms with Crippen molar-refractivity contribution in [3.8, 4) is 62.0 Å². The molecule has 1 unspecified atom stereocenters. The quantitative estimate of drug-likeness (QED) is 0.105. The number of nitrogens with one attached hydrogen (secondary N) is 1. The van der Waals surface area contributed by atoms with E-state index in [2.05, 4.69) is 169 Å². The van der Waals surface area contributed by atoms with Gasteiger partial charge in [0.2, 0.25) is 0 Å². The van der Waals surface area contributed by atoms with E-state index in [0.29, 0.717) is 5.56 Å². The van der Waals surface area contributed by atoms with Crippen LogP contribution >= 0.6 is 0 Å². The van der Waals surface area contributed by atoms with Crippen LogP contribution in [0.15, 0.2) is 182 Å². The summed E-state index contributed by atoms with van der Waals surface area (Å²) in [5.74, 6) is 0. The molecule has 8 aromatic carbocycles. The van der Waals surface area contributed by atoms with Crippen molar-refractivity contribution >= 4 is 43.4 Å². The maximum absolute atomic E-state index is 10.5. The third kappa shape index (κ3) is 5.56. The van der Waals surface area contributed by atoms with Crippen LogP contribution in [0.5, 0.6) is 0 Å². The molecule has 4 nitrogen and oxygen atoms in total. The summed E-state index contributed by atoms with van der Waals surface area (Å²) in [4.78, 5) is 10.6. The minimum Gasteiger partial charge on any atom is -0.307 e. The normalized spacial score (nSPS) is 13.6. The number of pyridine rings is 2. The van der Waals surface area contributed by atoms with Gasteiger partial charge < -0.3 is 5.32 Å². The summed E-state index contributed by atoms with van der Waals surface area (Å²) in [6.45, 7) is 0.847. The molecule has 11 rings (SSSR count). The van der Waals surface area contributed by atoms with Crippen molar-refractivity contribution in [1.82, 2.24) is 15.3 Å². The summed E-state index contributed by atoms with van der Waals surface area (Å²) in [5.41, 5.74) is 14.1. The van der Waals surface area contributed by atoms with Crippen molar-refractivity contribution in [1.29, 1.82) is 5.26 Å². The molecule has 1 saturated heterocycles. The number of rotatable bonds is 6. The molecule has 1 N–H and O–H groups in total. The van der Waals surface area contributed by atoms with E-state index in [1.807, 2.05) is 24.3 Å². The Kier molecular flexibility index (Phi) is 7.74. The highest BCUT2D eigenvalue weighted by Crippen LogP contribution is 2.45. The minimum absolute atomic E-state index is 0.137. The molecule has 3 heterocycles. The molecule has 1 fully saturated rings. The molecule has 0 bridgehead atoms. The highest BCUT2D eigenvalue weighted by atomic mass is 15.1. The summed E-state index contributed by atoms with van der Waals surface area (Å²) < 4.78 is 0. The summed E-state index contributed by atoms with van der Waals surface area (Å²) in [6, 6.07) is 67.0. The van der Waals surface area contributed by atoms with Crippen LogP contribution in [-0.2, 0) is 0 Å². The van der Waals surface area contributed by atoms with Crippen LogP contribution in [0.1, 0.15) is 17.2 Å². The van der Waals surface area contributed by atoms with Gasteiger partial charge in [-0.05, 0) is 90.8 Å². The van der Waals surface area contributed by atoms with Crippen LogP contribution < -0.4 is 5.32 Å². The van der Waals surface area contributed by atoms with E-state index in [-0.39, 0.29) is 6.04 Å². The van der Waals surface area contributed by atoms with E-state index in [9.17, 15) is 5.26 Å². The smallest absolute Gasteiger partial charge is 0.100 e. The molecule has 10 aromatic rings. The molecule has 0 saturated carbocycles. The minimum atomic E-state index is 0.137. The summed E-state index contributed by atoms with van der Waals surface area (Å²) in [5, 5.41) is 20.7. The number of nitriles is 1. The first-order valence-corrected chi connectivity index (χ1v) is 19.4. The van der Waals surface area contributed by atoms with Crippen molar-refractivity contribution < 1.29 is 0 Å². The molecule has 2 aromatic heterocycles. The summed E-state index contributed by atoms with van der Waals surface area (Å²) in [6.07, 6.45) is 0. The summed E-state index contributed by atoms with van der Waals surface area (Å²) in [7, 11) is 0. The van der Waals surface area contributed by atoms with Gasteiger partial charge in [-0.25, -0.2) is 9.97 Å². The van der Waals surface area contributed by atoms with E-state index >= 15 is 0 Å². The molecule has 0 aliphatic carbocycles. The second-order valence-corrected chi connectivity index (χ2v) is 14.8. The number of fused-ring (bicyclic) bond motifs is 5. The van der Waals surface area contributed by atoms with E-state index in [1.54, 1.807) is 0 Å². The number of aromatic nitrogens is 2. The Morgan fingerprint density at radius 1 is 0.421 bits per heavy atom. The Morgan fingerprint density at radius 2 is 0.895 bits per heavy atom. The van der Waals surface area contributed by atoms with Crippen LogP contribution in [0.25, 0.3) is 99.2 Å². The van der Waals surface area contributed by atoms with E-state index in [1.165, 1.54) is 43.8 Å². The number of benzene rings is 8. The molecule has 0 radical (unpaired) electrons. The number of hydrogen-bond donors (Lipinski definition) is 1. The molecule has 266 valence electrons. The van der Waals surface area contributed by atoms with Gasteiger partial charge in [-0.1, -0.05) is 152 Å². The second kappa shape index (κ2) is 13.4. The van der Waals surface area contributed by atoms with Gasteiger partial charge in [-0.2, -0.15) is 5.26 Å². The molecular weight excluding hydrogens is 693 g/mol. The fraction of sp³-hybridized carbons (Fsp3) is 0.0377. The lowest BCUT2D eigenvalue weighted by molar-refractivity contribution is 1.09. The van der Waals surface area contributed by atoms with Gasteiger partial charge in [-0.3, -0.25) is 0 Å². The van der Waals surface area contributed by atoms with Gasteiger partial charge in [-0.15, -0.1) is 0 Å². The molecule has 0 amide bonds. The zero-order chi connectivity index (χ0) is 37.9. The number of hydrogen-bond acceptors (Lipinski definition) is 4. The predicted octanol–water partition coefficient (Wildman–Crippen LogP) is 12.9. The van der Waals surface area contributed by atoms with Crippen molar-refractivity contribution in [2.75, 3.05) is 6.54 Å². The Balaban J connectivity index is 1.10. The standard InChI is InChI=1S/C53H34N4/c54-31-45-42-25-27-47(57-52(42)53-43(51(45)48-32-55-48)26-28-46(56-53)33-13-4-1-5-14-33)38-20-12-19-36(29-38)37-23-24-41-44(30-37)50(35-17-8-3-9-18-35)40-22-11-10-21-39(40)49(41)34-15-6-2-7-16-34/h1-30,48,55H,32H2. The Hall–Kier alpha value is -7.45. The zero-order valence-corrected chi connectivity index (χ0v) is 30.9. The molecule has 0 spiro atoms. The summed E-state index contributed by atoms with van der Waals surface area (Å²) >= 11 is 0. The van der Waals surface area contributed by atoms with E-state index in [4.69, 9.17) is 9.97 Å². The topological polar surface area (TPSA) is 71.5 Å². The first-order chi connectivity index (χ1) is 28.2. The fourth-order valence-electron chi connectivity index (χ4n) is 8.70. The maximum atomic E-state index is 10.5. The van der Waals surface area contributed by atoms with Crippen LogP contribution in [0.2, 0.25) is 0 Å². The van der Waals surface area contributed by atoms with Crippen LogP contribution in [0, 0.1) is 11.3 Å². The third-order valence-electron chi connectivity index (χ3n) is 11.4. The zero-order valence-electron chi connectivity index (χ0n) is 30.9. The average Bonchev–Trinajstić information content (AvgIpc) is 4.14. The predicted molar refractivity (Wildman–Crippen MR) is 235 cm³/mol. The molecule has 57 heavy (non-hydrogen) atoms. The van der Waals surface area contributed by atoms with Crippen molar-refractivity contribution in [2.24, 2.45) is 0 Å². The lowest BCUT2D eigenvalue weighted by atomic mass is 9.85. The highest BCUT2D eigenvalue weighted by Gasteiger charge is 2.30. The largest absolute Gasteiger partial charge is 0.307 e. The fourth-order valence-corrected chi connectivity index (χ4v) is 8.70. The molecule has 1 aliphatic heterocycles.